The number of pyridine rings is 1. The van der Waals surface area contributed by atoms with Crippen LogP contribution in [-0.2, 0) is 4.79 Å². The molecule has 31 heavy (non-hydrogen) atoms. The molecule has 0 spiro atoms. The molecule has 158 valence electrons. The minimum absolute atomic E-state index is 0.0342. The minimum atomic E-state index is 0.0342. The van der Waals surface area contributed by atoms with E-state index in [1.165, 1.54) is 31.2 Å². The Kier molecular flexibility index (Phi) is 4.64. The molecule has 7 rings (SSSR count). The fourth-order valence-electron chi connectivity index (χ4n) is 5.50. The van der Waals surface area contributed by atoms with E-state index in [9.17, 15) is 4.79 Å². The highest BCUT2D eigenvalue weighted by Gasteiger charge is 2.43. The molecule has 2 atom stereocenters. The highest BCUT2D eigenvalue weighted by molar-refractivity contribution is 6.30. The second-order valence-corrected chi connectivity index (χ2v) is 9.83. The van der Waals surface area contributed by atoms with Gasteiger partial charge in [-0.15, -0.1) is 0 Å². The number of hydrogen-bond acceptors (Lipinski definition) is 3. The third kappa shape index (κ3) is 3.67. The quantitative estimate of drug-likeness (QED) is 0.550. The van der Waals surface area contributed by atoms with Gasteiger partial charge in [-0.25, -0.2) is 4.98 Å². The van der Waals surface area contributed by atoms with Crippen molar-refractivity contribution >= 4 is 39.9 Å². The van der Waals surface area contributed by atoms with Crippen LogP contribution in [0.3, 0.4) is 0 Å². The molecule has 1 aromatic heterocycles. The second kappa shape index (κ2) is 7.52. The normalized spacial score (nSPS) is 26.8. The third-order valence-corrected chi connectivity index (χ3v) is 7.63. The van der Waals surface area contributed by atoms with Crippen LogP contribution in [0, 0.1) is 11.8 Å². The molecule has 2 aliphatic heterocycles. The van der Waals surface area contributed by atoms with Crippen molar-refractivity contribution in [2.75, 3.05) is 16.8 Å². The first-order chi connectivity index (χ1) is 15.1. The average molecular weight is 432 g/mol. The summed E-state index contributed by atoms with van der Waals surface area (Å²) in [6.45, 7) is 1.15. The summed E-state index contributed by atoms with van der Waals surface area (Å²) in [5, 5.41) is 4.90. The van der Waals surface area contributed by atoms with Crippen LogP contribution < -0.4 is 10.2 Å². The van der Waals surface area contributed by atoms with E-state index < -0.39 is 0 Å². The number of halogens is 1. The summed E-state index contributed by atoms with van der Waals surface area (Å²) in [7, 11) is 0. The molecule has 0 radical (unpaired) electrons. The van der Waals surface area contributed by atoms with Gasteiger partial charge in [0.15, 0.2) is 0 Å². The van der Waals surface area contributed by atoms with E-state index >= 15 is 0 Å². The van der Waals surface area contributed by atoms with Gasteiger partial charge in [0.25, 0.3) is 0 Å². The molecule has 2 bridgehead atoms. The molecule has 4 aliphatic rings. The van der Waals surface area contributed by atoms with E-state index in [0.717, 1.165) is 46.3 Å². The predicted octanol–water partition coefficient (Wildman–Crippen LogP) is 6.01. The molecule has 1 amide bonds. The summed E-state index contributed by atoms with van der Waals surface area (Å²) in [6.07, 6.45) is 6.24. The monoisotopic (exact) mass is 431 g/mol. The molecule has 4 fully saturated rings. The standard InChI is InChI=1S/C26H26ClN3O/c27-19-6-3-17(4-7-19)22-14-23(22)26(31)28-20-8-11-24-18(13-20)5-12-25(29-24)30-15-16-1-9-21(30)10-2-16/h3-8,11-13,16,21-23H,1-2,9-10,14-15H2,(H,28,31). The summed E-state index contributed by atoms with van der Waals surface area (Å²) in [4.78, 5) is 20.2. The number of benzene rings is 2. The number of fused-ring (bicyclic) bond motifs is 4. The van der Waals surface area contributed by atoms with Crippen molar-refractivity contribution in [1.29, 1.82) is 0 Å². The van der Waals surface area contributed by atoms with Gasteiger partial charge in [0, 0.05) is 34.6 Å². The van der Waals surface area contributed by atoms with E-state index in [-0.39, 0.29) is 11.8 Å². The molecular formula is C26H26ClN3O. The van der Waals surface area contributed by atoms with Crippen molar-refractivity contribution in [3.05, 3.63) is 65.2 Å². The van der Waals surface area contributed by atoms with E-state index in [1.54, 1.807) is 0 Å². The number of nitrogens with zero attached hydrogens (tertiary/aromatic N) is 2. The molecule has 2 unspecified atom stereocenters. The number of amides is 1. The largest absolute Gasteiger partial charge is 0.353 e. The number of rotatable bonds is 4. The van der Waals surface area contributed by atoms with Crippen LogP contribution in [0.15, 0.2) is 54.6 Å². The van der Waals surface area contributed by atoms with Crippen LogP contribution in [0.1, 0.15) is 43.6 Å². The van der Waals surface area contributed by atoms with E-state index in [4.69, 9.17) is 16.6 Å². The number of carbonyl (C=O) groups excluding carboxylic acids is 1. The first kappa shape index (κ1) is 19.1. The van der Waals surface area contributed by atoms with Crippen LogP contribution in [0.25, 0.3) is 10.9 Å². The Hall–Kier alpha value is -2.59. The molecule has 5 heteroatoms. The van der Waals surface area contributed by atoms with Crippen molar-refractivity contribution in [3.8, 4) is 0 Å². The summed E-state index contributed by atoms with van der Waals surface area (Å²) in [5.41, 5.74) is 3.01. The number of hydrogen-bond donors (Lipinski definition) is 1. The zero-order valence-corrected chi connectivity index (χ0v) is 18.2. The molecule has 2 aliphatic carbocycles. The topological polar surface area (TPSA) is 45.2 Å². The maximum Gasteiger partial charge on any atom is 0.228 e. The fourth-order valence-corrected chi connectivity index (χ4v) is 5.62. The average Bonchev–Trinajstić information content (AvgIpc) is 3.61. The zero-order chi connectivity index (χ0) is 20.9. The molecule has 2 saturated heterocycles. The van der Waals surface area contributed by atoms with E-state index in [0.29, 0.717) is 12.0 Å². The van der Waals surface area contributed by atoms with Crippen LogP contribution in [-0.4, -0.2) is 23.5 Å². The molecule has 4 nitrogen and oxygen atoms in total. The maximum absolute atomic E-state index is 12.7. The summed E-state index contributed by atoms with van der Waals surface area (Å²) in [6, 6.07) is 18.8. The summed E-state index contributed by atoms with van der Waals surface area (Å²) >= 11 is 5.97. The Morgan fingerprint density at radius 3 is 2.55 bits per heavy atom. The second-order valence-electron chi connectivity index (χ2n) is 9.39. The van der Waals surface area contributed by atoms with Crippen LogP contribution in [0.4, 0.5) is 11.5 Å². The summed E-state index contributed by atoms with van der Waals surface area (Å²) in [5.74, 6) is 2.35. The van der Waals surface area contributed by atoms with E-state index in [2.05, 4.69) is 22.3 Å². The minimum Gasteiger partial charge on any atom is -0.353 e. The smallest absolute Gasteiger partial charge is 0.228 e. The van der Waals surface area contributed by atoms with Crippen LogP contribution >= 0.6 is 11.6 Å². The van der Waals surface area contributed by atoms with Gasteiger partial charge < -0.3 is 10.2 Å². The molecule has 3 heterocycles. The number of piperidine rings is 2. The van der Waals surface area contributed by atoms with Gasteiger partial charge in [0.2, 0.25) is 5.91 Å². The highest BCUT2D eigenvalue weighted by atomic mass is 35.5. The van der Waals surface area contributed by atoms with Crippen LogP contribution in [0.5, 0.6) is 0 Å². The Labute approximate surface area is 187 Å². The number of anilines is 2. The zero-order valence-electron chi connectivity index (χ0n) is 17.4. The summed E-state index contributed by atoms with van der Waals surface area (Å²) < 4.78 is 0. The Morgan fingerprint density at radius 1 is 1.00 bits per heavy atom. The van der Waals surface area contributed by atoms with Crippen molar-refractivity contribution in [1.82, 2.24) is 4.98 Å². The van der Waals surface area contributed by atoms with Gasteiger partial charge in [0.1, 0.15) is 5.82 Å². The lowest BCUT2D eigenvalue weighted by Gasteiger charge is -2.46. The van der Waals surface area contributed by atoms with Gasteiger partial charge in [-0.05, 0) is 92.0 Å². The number of aromatic nitrogens is 1. The SMILES string of the molecule is O=C(Nc1ccc2nc(N3CC4CCC3CC4)ccc2c1)C1CC1c1ccc(Cl)cc1. The predicted molar refractivity (Wildman–Crippen MR) is 126 cm³/mol. The Morgan fingerprint density at radius 2 is 1.81 bits per heavy atom. The van der Waals surface area contributed by atoms with Crippen molar-refractivity contribution in [2.45, 2.75) is 44.1 Å². The van der Waals surface area contributed by atoms with Gasteiger partial charge in [-0.2, -0.15) is 0 Å². The first-order valence-corrected chi connectivity index (χ1v) is 11.8. The van der Waals surface area contributed by atoms with Gasteiger partial charge in [0.05, 0.1) is 5.52 Å². The number of nitrogens with one attached hydrogen (secondary N) is 1. The molecule has 2 aromatic carbocycles. The van der Waals surface area contributed by atoms with Gasteiger partial charge in [-0.1, -0.05) is 23.7 Å². The molecule has 3 aromatic rings. The Bertz CT molecular complexity index is 1140. The van der Waals surface area contributed by atoms with Gasteiger partial charge in [-0.3, -0.25) is 4.79 Å². The number of carbonyl (C=O) groups is 1. The Balaban J connectivity index is 1.15. The lowest BCUT2D eigenvalue weighted by molar-refractivity contribution is -0.117. The maximum atomic E-state index is 12.7. The van der Waals surface area contributed by atoms with Crippen LogP contribution in [0.2, 0.25) is 5.02 Å². The highest BCUT2D eigenvalue weighted by Crippen LogP contribution is 2.48. The first-order valence-electron chi connectivity index (χ1n) is 11.4. The molecule has 1 N–H and O–H groups in total. The molecular weight excluding hydrogens is 406 g/mol. The molecule has 2 saturated carbocycles. The fraction of sp³-hybridized carbons (Fsp3) is 0.385. The van der Waals surface area contributed by atoms with Crippen molar-refractivity contribution < 1.29 is 4.79 Å². The van der Waals surface area contributed by atoms with Gasteiger partial charge >= 0.3 is 0 Å². The van der Waals surface area contributed by atoms with Crippen molar-refractivity contribution in [3.63, 3.8) is 0 Å². The lowest BCUT2D eigenvalue weighted by Crippen LogP contribution is -2.48. The van der Waals surface area contributed by atoms with E-state index in [1.807, 2.05) is 42.5 Å². The van der Waals surface area contributed by atoms with Crippen molar-refractivity contribution in [2.24, 2.45) is 11.8 Å². The lowest BCUT2D eigenvalue weighted by atomic mass is 9.80. The third-order valence-electron chi connectivity index (χ3n) is 7.37.